The molecule has 0 bridgehead atoms. The second-order valence-electron chi connectivity index (χ2n) is 7.13. The molecule has 0 radical (unpaired) electrons. The predicted molar refractivity (Wildman–Crippen MR) is 124 cm³/mol. The lowest BCUT2D eigenvalue weighted by Gasteiger charge is -2.06. The van der Waals surface area contributed by atoms with Crippen molar-refractivity contribution >= 4 is 51.2 Å². The number of fused-ring (bicyclic) bond motifs is 3. The molecule has 158 valence electrons. The molecule has 2 aromatic heterocycles. The number of Topliss-reactive ketones (excluding diaryl/α,β-unsaturated/α-hetero) is 1. The number of rotatable bonds is 8. The van der Waals surface area contributed by atoms with E-state index in [0.29, 0.717) is 22.8 Å². The fourth-order valence-electron chi connectivity index (χ4n) is 3.40. The Morgan fingerprint density at radius 1 is 1.03 bits per heavy atom. The van der Waals surface area contributed by atoms with E-state index in [1.807, 2.05) is 18.2 Å². The zero-order valence-electron chi connectivity index (χ0n) is 17.5. The van der Waals surface area contributed by atoms with Crippen molar-refractivity contribution in [1.29, 1.82) is 0 Å². The number of anilines is 1. The first-order valence-corrected chi connectivity index (χ1v) is 11.3. The number of nitrogens with zero attached hydrogens (tertiary/aromatic N) is 4. The maximum absolute atomic E-state index is 12.6. The second kappa shape index (κ2) is 9.26. The molecule has 0 fully saturated rings. The second-order valence-corrected chi connectivity index (χ2v) is 8.07. The van der Waals surface area contributed by atoms with Crippen molar-refractivity contribution in [2.45, 2.75) is 38.4 Å². The number of nitrogens with one attached hydrogen (secondary N) is 1. The van der Waals surface area contributed by atoms with Crippen LogP contribution in [0.3, 0.4) is 0 Å². The molecule has 0 aliphatic rings. The number of aromatic nitrogens is 4. The highest BCUT2D eigenvalue weighted by Gasteiger charge is 2.15. The summed E-state index contributed by atoms with van der Waals surface area (Å²) in [6, 6.07) is 15.0. The van der Waals surface area contributed by atoms with Gasteiger partial charge in [-0.25, -0.2) is 4.98 Å². The van der Waals surface area contributed by atoms with Gasteiger partial charge in [-0.2, -0.15) is 0 Å². The number of amides is 1. The molecule has 1 amide bonds. The fraction of sp³-hybridized carbons (Fsp3) is 0.261. The summed E-state index contributed by atoms with van der Waals surface area (Å²) in [6.07, 6.45) is 1.39. The first kappa shape index (κ1) is 21.0. The Hall–Kier alpha value is -3.26. The first-order chi connectivity index (χ1) is 15.1. The van der Waals surface area contributed by atoms with Gasteiger partial charge in [0.25, 0.3) is 0 Å². The number of hydrogen-bond donors (Lipinski definition) is 1. The normalized spacial score (nSPS) is 11.2. The van der Waals surface area contributed by atoms with Crippen molar-refractivity contribution in [3.05, 3.63) is 54.1 Å². The van der Waals surface area contributed by atoms with Gasteiger partial charge in [-0.15, -0.1) is 10.2 Å². The van der Waals surface area contributed by atoms with Crippen molar-refractivity contribution < 1.29 is 9.59 Å². The number of carbonyl (C=O) groups excluding carboxylic acids is 2. The molecular formula is C23H23N5O2S. The molecule has 0 spiro atoms. The van der Waals surface area contributed by atoms with Crippen LogP contribution in [0.25, 0.3) is 22.1 Å². The molecule has 4 rings (SSSR count). The quantitative estimate of drug-likeness (QED) is 0.320. The standard InChI is InChI=1S/C23H23N5O2S/c1-3-13-28-18-8-6-5-7-17(18)21-22(28)25-23(27-26-21)31-14-19(29)15-9-11-16(12-10-15)24-20(30)4-2/h5-12H,3-4,13-14H2,1-2H3,(H,24,30). The first-order valence-electron chi connectivity index (χ1n) is 10.3. The number of benzene rings is 2. The summed E-state index contributed by atoms with van der Waals surface area (Å²) < 4.78 is 2.16. The summed E-state index contributed by atoms with van der Waals surface area (Å²) >= 11 is 1.28. The van der Waals surface area contributed by atoms with E-state index >= 15 is 0 Å². The van der Waals surface area contributed by atoms with Gasteiger partial charge in [0.15, 0.2) is 11.4 Å². The maximum atomic E-state index is 12.6. The molecule has 4 aromatic rings. The Morgan fingerprint density at radius 3 is 2.55 bits per heavy atom. The molecule has 0 atom stereocenters. The van der Waals surface area contributed by atoms with Crippen molar-refractivity contribution in [3.8, 4) is 0 Å². The SMILES string of the molecule is CCCn1c2ccccc2c2nnc(SCC(=O)c3ccc(NC(=O)CC)cc3)nc21. The van der Waals surface area contributed by atoms with Crippen molar-refractivity contribution in [1.82, 2.24) is 19.7 Å². The Bertz CT molecular complexity index is 1250. The Labute approximate surface area is 184 Å². The highest BCUT2D eigenvalue weighted by Crippen LogP contribution is 2.27. The van der Waals surface area contributed by atoms with Crippen LogP contribution in [-0.2, 0) is 11.3 Å². The molecule has 0 unspecified atom stereocenters. The lowest BCUT2D eigenvalue weighted by atomic mass is 10.1. The largest absolute Gasteiger partial charge is 0.326 e. The molecule has 0 aliphatic carbocycles. The summed E-state index contributed by atoms with van der Waals surface area (Å²) in [5.74, 6) is 0.119. The van der Waals surface area contributed by atoms with E-state index < -0.39 is 0 Å². The van der Waals surface area contributed by atoms with Gasteiger partial charge in [0.1, 0.15) is 5.52 Å². The van der Waals surface area contributed by atoms with Crippen LogP contribution < -0.4 is 5.32 Å². The molecular weight excluding hydrogens is 410 g/mol. The third kappa shape index (κ3) is 4.44. The molecule has 0 saturated carbocycles. The minimum Gasteiger partial charge on any atom is -0.326 e. The van der Waals surface area contributed by atoms with Crippen molar-refractivity contribution in [3.63, 3.8) is 0 Å². The van der Waals surface area contributed by atoms with E-state index in [2.05, 4.69) is 33.1 Å². The van der Waals surface area contributed by atoms with E-state index in [1.165, 1.54) is 11.8 Å². The van der Waals surface area contributed by atoms with Crippen molar-refractivity contribution in [2.24, 2.45) is 0 Å². The number of ketones is 1. The Kier molecular flexibility index (Phi) is 6.27. The smallest absolute Gasteiger partial charge is 0.224 e. The topological polar surface area (TPSA) is 89.8 Å². The summed E-state index contributed by atoms with van der Waals surface area (Å²) in [5, 5.41) is 12.9. The summed E-state index contributed by atoms with van der Waals surface area (Å²) in [5.41, 5.74) is 3.93. The van der Waals surface area contributed by atoms with Gasteiger partial charge in [0, 0.05) is 29.6 Å². The molecule has 1 N–H and O–H groups in total. The van der Waals surface area contributed by atoms with E-state index in [-0.39, 0.29) is 17.4 Å². The fourth-order valence-corrected chi connectivity index (χ4v) is 4.08. The van der Waals surface area contributed by atoms with Gasteiger partial charge < -0.3 is 9.88 Å². The minimum absolute atomic E-state index is 0.0313. The lowest BCUT2D eigenvalue weighted by Crippen LogP contribution is -2.10. The van der Waals surface area contributed by atoms with Crippen LogP contribution in [0.5, 0.6) is 0 Å². The molecule has 0 saturated heterocycles. The van der Waals surface area contributed by atoms with Gasteiger partial charge in [0.2, 0.25) is 11.1 Å². The summed E-state index contributed by atoms with van der Waals surface area (Å²) in [6.45, 7) is 4.76. The highest BCUT2D eigenvalue weighted by atomic mass is 32.2. The van der Waals surface area contributed by atoms with E-state index in [9.17, 15) is 9.59 Å². The molecule has 31 heavy (non-hydrogen) atoms. The molecule has 7 nitrogen and oxygen atoms in total. The monoisotopic (exact) mass is 433 g/mol. The van der Waals surface area contributed by atoms with Crippen LogP contribution in [0.4, 0.5) is 5.69 Å². The van der Waals surface area contributed by atoms with Crippen LogP contribution in [0.2, 0.25) is 0 Å². The number of thioether (sulfide) groups is 1. The third-order valence-electron chi connectivity index (χ3n) is 4.95. The van der Waals surface area contributed by atoms with Gasteiger partial charge in [-0.05, 0) is 36.8 Å². The van der Waals surface area contributed by atoms with E-state index in [4.69, 9.17) is 4.98 Å². The zero-order chi connectivity index (χ0) is 21.8. The minimum atomic E-state index is -0.0600. The average Bonchev–Trinajstić information content (AvgIpc) is 3.11. The number of aryl methyl sites for hydroxylation is 1. The molecule has 0 aliphatic heterocycles. The van der Waals surface area contributed by atoms with Crippen LogP contribution in [0, 0.1) is 0 Å². The van der Waals surface area contributed by atoms with E-state index in [0.717, 1.165) is 35.0 Å². The van der Waals surface area contributed by atoms with Crippen molar-refractivity contribution in [2.75, 3.05) is 11.1 Å². The highest BCUT2D eigenvalue weighted by molar-refractivity contribution is 7.99. The molecule has 2 heterocycles. The Balaban J connectivity index is 1.51. The van der Waals surface area contributed by atoms with E-state index in [1.54, 1.807) is 31.2 Å². The van der Waals surface area contributed by atoms with Gasteiger partial charge in [0.05, 0.1) is 11.3 Å². The van der Waals surface area contributed by atoms with Crippen LogP contribution >= 0.6 is 11.8 Å². The maximum Gasteiger partial charge on any atom is 0.224 e. The van der Waals surface area contributed by atoms with Gasteiger partial charge in [-0.3, -0.25) is 9.59 Å². The number of carbonyl (C=O) groups is 2. The Morgan fingerprint density at radius 2 is 1.81 bits per heavy atom. The average molecular weight is 434 g/mol. The number of hydrogen-bond acceptors (Lipinski definition) is 6. The van der Waals surface area contributed by atoms with Crippen LogP contribution in [-0.4, -0.2) is 37.2 Å². The summed E-state index contributed by atoms with van der Waals surface area (Å²) in [7, 11) is 0. The van der Waals surface area contributed by atoms with Crippen LogP contribution in [0.1, 0.15) is 37.0 Å². The molecule has 8 heteroatoms. The summed E-state index contributed by atoms with van der Waals surface area (Å²) in [4.78, 5) is 28.8. The predicted octanol–water partition coefficient (Wildman–Crippen LogP) is 4.71. The van der Waals surface area contributed by atoms with Crippen LogP contribution in [0.15, 0.2) is 53.7 Å². The van der Waals surface area contributed by atoms with Gasteiger partial charge >= 0.3 is 0 Å². The van der Waals surface area contributed by atoms with Gasteiger partial charge in [-0.1, -0.05) is 43.8 Å². The zero-order valence-corrected chi connectivity index (χ0v) is 18.3. The molecule has 2 aromatic carbocycles. The lowest BCUT2D eigenvalue weighted by molar-refractivity contribution is -0.115. The third-order valence-corrected chi connectivity index (χ3v) is 5.78. The number of para-hydroxylation sites is 1.